The highest BCUT2D eigenvalue weighted by Gasteiger charge is 2.15. The van der Waals surface area contributed by atoms with Gasteiger partial charge in [-0.2, -0.15) is 0 Å². The van der Waals surface area contributed by atoms with Gasteiger partial charge in [-0.25, -0.2) is 0 Å². The number of ether oxygens (including phenoxy) is 1. The first kappa shape index (κ1) is 12.9. The second kappa shape index (κ2) is 5.48. The molecule has 0 aliphatic carbocycles. The van der Waals surface area contributed by atoms with Gasteiger partial charge in [0.25, 0.3) is 0 Å². The molecule has 5 nitrogen and oxygen atoms in total. The fourth-order valence-electron chi connectivity index (χ4n) is 1.99. The minimum absolute atomic E-state index is 0.532. The summed E-state index contributed by atoms with van der Waals surface area (Å²) in [7, 11) is 0. The molecule has 7 heteroatoms. The van der Waals surface area contributed by atoms with Gasteiger partial charge in [-0.15, -0.1) is 10.2 Å². The Morgan fingerprint density at radius 3 is 3.21 bits per heavy atom. The van der Waals surface area contributed by atoms with E-state index >= 15 is 0 Å². The van der Waals surface area contributed by atoms with Crippen LogP contribution in [-0.2, 0) is 24.4 Å². The van der Waals surface area contributed by atoms with Gasteiger partial charge in [-0.05, 0) is 18.2 Å². The zero-order valence-electron chi connectivity index (χ0n) is 10.1. The SMILES string of the molecule is Clc1ccc(Br)cc1NCc1nnc2n1CCOC2. The van der Waals surface area contributed by atoms with E-state index in [9.17, 15) is 0 Å². The largest absolute Gasteiger partial charge is 0.377 e. The van der Waals surface area contributed by atoms with Crippen LogP contribution in [0.3, 0.4) is 0 Å². The summed E-state index contributed by atoms with van der Waals surface area (Å²) >= 11 is 9.56. The van der Waals surface area contributed by atoms with Crippen LogP contribution >= 0.6 is 27.5 Å². The molecule has 1 aliphatic heterocycles. The molecule has 0 unspecified atom stereocenters. The Balaban J connectivity index is 1.75. The van der Waals surface area contributed by atoms with Crippen LogP contribution in [0.2, 0.25) is 5.02 Å². The van der Waals surface area contributed by atoms with Gasteiger partial charge >= 0.3 is 0 Å². The van der Waals surface area contributed by atoms with Crippen molar-refractivity contribution in [2.75, 3.05) is 11.9 Å². The standard InChI is InChI=1S/C12H12BrClN4O/c13-8-1-2-9(14)10(5-8)15-6-11-16-17-12-7-19-4-3-18(11)12/h1-2,5,15H,3-4,6-7H2. The summed E-state index contributed by atoms with van der Waals surface area (Å²) in [5.41, 5.74) is 0.875. The highest BCUT2D eigenvalue weighted by Crippen LogP contribution is 2.26. The van der Waals surface area contributed by atoms with E-state index in [4.69, 9.17) is 16.3 Å². The van der Waals surface area contributed by atoms with Crippen LogP contribution < -0.4 is 5.32 Å². The minimum atomic E-state index is 0.532. The molecule has 0 spiro atoms. The second-order valence-corrected chi connectivity index (χ2v) is 5.54. The molecule has 0 radical (unpaired) electrons. The lowest BCUT2D eigenvalue weighted by Gasteiger charge is -2.16. The number of hydrogen-bond acceptors (Lipinski definition) is 4. The Morgan fingerprint density at radius 1 is 1.42 bits per heavy atom. The molecule has 0 amide bonds. The normalized spacial score (nSPS) is 14.2. The first-order chi connectivity index (χ1) is 9.24. The van der Waals surface area contributed by atoms with Gasteiger partial charge in [-0.3, -0.25) is 0 Å². The van der Waals surface area contributed by atoms with E-state index in [1.807, 2.05) is 18.2 Å². The molecule has 0 atom stereocenters. The van der Waals surface area contributed by atoms with Gasteiger partial charge < -0.3 is 14.6 Å². The molecule has 100 valence electrons. The van der Waals surface area contributed by atoms with Crippen LogP contribution in [0.4, 0.5) is 5.69 Å². The maximum Gasteiger partial charge on any atom is 0.159 e. The van der Waals surface area contributed by atoms with Crippen molar-refractivity contribution in [1.29, 1.82) is 0 Å². The van der Waals surface area contributed by atoms with Crippen molar-refractivity contribution >= 4 is 33.2 Å². The molecule has 2 aromatic rings. The zero-order chi connectivity index (χ0) is 13.2. The van der Waals surface area contributed by atoms with Gasteiger partial charge in [0.1, 0.15) is 6.61 Å². The smallest absolute Gasteiger partial charge is 0.159 e. The third-order valence-electron chi connectivity index (χ3n) is 2.96. The fraction of sp³-hybridized carbons (Fsp3) is 0.333. The average Bonchev–Trinajstić information content (AvgIpc) is 2.83. The second-order valence-electron chi connectivity index (χ2n) is 4.21. The van der Waals surface area contributed by atoms with Crippen LogP contribution in [0.1, 0.15) is 11.6 Å². The molecule has 1 aliphatic rings. The van der Waals surface area contributed by atoms with E-state index in [1.165, 1.54) is 0 Å². The van der Waals surface area contributed by atoms with Crippen LogP contribution in [-0.4, -0.2) is 21.4 Å². The molecule has 1 N–H and O–H groups in total. The van der Waals surface area contributed by atoms with Crippen LogP contribution in [0, 0.1) is 0 Å². The Bertz CT molecular complexity index is 601. The van der Waals surface area contributed by atoms with Crippen molar-refractivity contribution in [2.45, 2.75) is 19.7 Å². The molecule has 0 fully saturated rings. The lowest BCUT2D eigenvalue weighted by Crippen LogP contribution is -2.19. The Morgan fingerprint density at radius 2 is 2.32 bits per heavy atom. The summed E-state index contributed by atoms with van der Waals surface area (Å²) in [5.74, 6) is 1.78. The number of rotatable bonds is 3. The number of halogens is 2. The summed E-state index contributed by atoms with van der Waals surface area (Å²) in [5, 5.41) is 12.3. The van der Waals surface area contributed by atoms with Crippen molar-refractivity contribution in [3.8, 4) is 0 Å². The number of benzene rings is 1. The molecular formula is C12H12BrClN4O. The zero-order valence-corrected chi connectivity index (χ0v) is 12.4. The topological polar surface area (TPSA) is 52.0 Å². The van der Waals surface area contributed by atoms with E-state index in [0.29, 0.717) is 24.8 Å². The number of anilines is 1. The lowest BCUT2D eigenvalue weighted by atomic mass is 10.3. The predicted molar refractivity (Wildman–Crippen MR) is 76.2 cm³/mol. The molecule has 1 aromatic carbocycles. The van der Waals surface area contributed by atoms with Crippen molar-refractivity contribution in [3.63, 3.8) is 0 Å². The molecule has 1 aromatic heterocycles. The molecule has 0 saturated carbocycles. The van der Waals surface area contributed by atoms with E-state index < -0.39 is 0 Å². The Hall–Kier alpha value is -1.11. The number of fused-ring (bicyclic) bond motifs is 1. The van der Waals surface area contributed by atoms with Gasteiger partial charge in [0.2, 0.25) is 0 Å². The molecule has 19 heavy (non-hydrogen) atoms. The van der Waals surface area contributed by atoms with Crippen molar-refractivity contribution < 1.29 is 4.74 Å². The first-order valence-electron chi connectivity index (χ1n) is 5.91. The quantitative estimate of drug-likeness (QED) is 0.931. The number of hydrogen-bond donors (Lipinski definition) is 1. The molecule has 0 bridgehead atoms. The summed E-state index contributed by atoms with van der Waals surface area (Å²) in [6.45, 7) is 2.62. The van der Waals surface area contributed by atoms with Crippen molar-refractivity contribution in [3.05, 3.63) is 39.3 Å². The molecule has 0 saturated heterocycles. The van der Waals surface area contributed by atoms with E-state index in [2.05, 4.69) is 36.0 Å². The van der Waals surface area contributed by atoms with E-state index in [0.717, 1.165) is 28.4 Å². The highest BCUT2D eigenvalue weighted by molar-refractivity contribution is 9.10. The van der Waals surface area contributed by atoms with Gasteiger partial charge in [0.15, 0.2) is 11.6 Å². The highest BCUT2D eigenvalue weighted by atomic mass is 79.9. The number of nitrogens with one attached hydrogen (secondary N) is 1. The fourth-order valence-corrected chi connectivity index (χ4v) is 2.54. The Kier molecular flexibility index (Phi) is 3.72. The average molecular weight is 344 g/mol. The summed E-state index contributed by atoms with van der Waals surface area (Å²) in [6, 6.07) is 5.70. The maximum atomic E-state index is 6.13. The van der Waals surface area contributed by atoms with Crippen LogP contribution in [0.25, 0.3) is 0 Å². The third-order valence-corrected chi connectivity index (χ3v) is 3.78. The van der Waals surface area contributed by atoms with Crippen LogP contribution in [0.5, 0.6) is 0 Å². The van der Waals surface area contributed by atoms with Crippen molar-refractivity contribution in [2.24, 2.45) is 0 Å². The maximum absolute atomic E-state index is 6.13. The summed E-state index contributed by atoms with van der Waals surface area (Å²) < 4.78 is 8.40. The summed E-state index contributed by atoms with van der Waals surface area (Å²) in [6.07, 6.45) is 0. The lowest BCUT2D eigenvalue weighted by molar-refractivity contribution is 0.0807. The predicted octanol–water partition coefficient (Wildman–Crippen LogP) is 2.84. The third kappa shape index (κ3) is 2.75. The molecule has 2 heterocycles. The van der Waals surface area contributed by atoms with E-state index in [-0.39, 0.29) is 0 Å². The first-order valence-corrected chi connectivity index (χ1v) is 7.09. The number of aromatic nitrogens is 3. The van der Waals surface area contributed by atoms with Gasteiger partial charge in [-0.1, -0.05) is 27.5 Å². The van der Waals surface area contributed by atoms with E-state index in [1.54, 1.807) is 0 Å². The summed E-state index contributed by atoms with van der Waals surface area (Å²) in [4.78, 5) is 0. The number of nitrogens with zero attached hydrogens (tertiary/aromatic N) is 3. The van der Waals surface area contributed by atoms with Gasteiger partial charge in [0.05, 0.1) is 23.9 Å². The van der Waals surface area contributed by atoms with Gasteiger partial charge in [0, 0.05) is 11.0 Å². The monoisotopic (exact) mass is 342 g/mol. The van der Waals surface area contributed by atoms with Crippen molar-refractivity contribution in [1.82, 2.24) is 14.8 Å². The van der Waals surface area contributed by atoms with Crippen LogP contribution in [0.15, 0.2) is 22.7 Å². The molecular weight excluding hydrogens is 332 g/mol. The molecule has 3 rings (SSSR count). The minimum Gasteiger partial charge on any atom is -0.377 e. The Labute approximate surface area is 124 Å².